The van der Waals surface area contributed by atoms with E-state index in [1.807, 2.05) is 40.9 Å². The van der Waals surface area contributed by atoms with E-state index in [1.165, 1.54) is 5.56 Å². The van der Waals surface area contributed by atoms with Gasteiger partial charge in [0.1, 0.15) is 0 Å². The van der Waals surface area contributed by atoms with E-state index in [1.54, 1.807) is 0 Å². The summed E-state index contributed by atoms with van der Waals surface area (Å²) in [5, 5.41) is 0. The zero-order valence-electron chi connectivity index (χ0n) is 11.7. The van der Waals surface area contributed by atoms with E-state index in [-0.39, 0.29) is 10.7 Å². The second kappa shape index (κ2) is 5.97. The topological polar surface area (TPSA) is 46.3 Å². The van der Waals surface area contributed by atoms with Crippen LogP contribution >= 0.6 is 11.8 Å². The average molecular weight is 278 g/mol. The third kappa shape index (κ3) is 3.74. The van der Waals surface area contributed by atoms with Crippen LogP contribution in [0.3, 0.4) is 0 Å². The Morgan fingerprint density at radius 3 is 2.63 bits per heavy atom. The SMILES string of the molecule is CC1(C)CN(C(=O)c2ccc(CCN)cc2)CCS1. The highest BCUT2D eigenvalue weighted by Gasteiger charge is 2.30. The summed E-state index contributed by atoms with van der Waals surface area (Å²) in [6, 6.07) is 7.85. The van der Waals surface area contributed by atoms with Crippen LogP contribution in [0, 0.1) is 0 Å². The molecule has 104 valence electrons. The van der Waals surface area contributed by atoms with Crippen molar-refractivity contribution in [3.8, 4) is 0 Å². The second-order valence-electron chi connectivity index (χ2n) is 5.57. The first-order valence-corrected chi connectivity index (χ1v) is 7.73. The van der Waals surface area contributed by atoms with Crippen molar-refractivity contribution >= 4 is 17.7 Å². The van der Waals surface area contributed by atoms with E-state index < -0.39 is 0 Å². The number of carbonyl (C=O) groups excluding carboxylic acids is 1. The number of rotatable bonds is 3. The molecule has 0 aliphatic carbocycles. The molecule has 1 amide bonds. The molecular weight excluding hydrogens is 256 g/mol. The number of carbonyl (C=O) groups is 1. The number of hydrogen-bond acceptors (Lipinski definition) is 3. The maximum atomic E-state index is 12.4. The van der Waals surface area contributed by atoms with Gasteiger partial charge in [0, 0.05) is 29.2 Å². The van der Waals surface area contributed by atoms with Gasteiger partial charge in [0.2, 0.25) is 0 Å². The fourth-order valence-corrected chi connectivity index (χ4v) is 3.46. The molecule has 4 heteroatoms. The van der Waals surface area contributed by atoms with Crippen molar-refractivity contribution < 1.29 is 4.79 Å². The van der Waals surface area contributed by atoms with Gasteiger partial charge >= 0.3 is 0 Å². The van der Waals surface area contributed by atoms with Gasteiger partial charge in [-0.15, -0.1) is 0 Å². The van der Waals surface area contributed by atoms with Crippen LogP contribution in [0.25, 0.3) is 0 Å². The Bertz CT molecular complexity index is 442. The van der Waals surface area contributed by atoms with Gasteiger partial charge in [-0.1, -0.05) is 12.1 Å². The Hall–Kier alpha value is -1.00. The van der Waals surface area contributed by atoms with Crippen LogP contribution in [0.4, 0.5) is 0 Å². The lowest BCUT2D eigenvalue weighted by Gasteiger charge is -2.37. The van der Waals surface area contributed by atoms with E-state index in [0.29, 0.717) is 6.54 Å². The third-order valence-electron chi connectivity index (χ3n) is 3.35. The number of amides is 1. The van der Waals surface area contributed by atoms with Gasteiger partial charge in [-0.3, -0.25) is 4.79 Å². The van der Waals surface area contributed by atoms with Gasteiger partial charge in [0.05, 0.1) is 0 Å². The molecule has 0 unspecified atom stereocenters. The third-order valence-corrected chi connectivity index (χ3v) is 4.64. The smallest absolute Gasteiger partial charge is 0.253 e. The summed E-state index contributed by atoms with van der Waals surface area (Å²) in [7, 11) is 0. The predicted molar refractivity (Wildman–Crippen MR) is 81.6 cm³/mol. The van der Waals surface area contributed by atoms with Gasteiger partial charge in [0.25, 0.3) is 5.91 Å². The Morgan fingerprint density at radius 1 is 1.37 bits per heavy atom. The molecule has 1 aliphatic rings. The van der Waals surface area contributed by atoms with Crippen LogP contribution in [0.15, 0.2) is 24.3 Å². The van der Waals surface area contributed by atoms with Gasteiger partial charge < -0.3 is 10.6 Å². The molecule has 2 N–H and O–H groups in total. The Balaban J connectivity index is 2.06. The molecule has 0 aromatic heterocycles. The minimum absolute atomic E-state index is 0.146. The van der Waals surface area contributed by atoms with E-state index in [0.717, 1.165) is 30.8 Å². The van der Waals surface area contributed by atoms with Crippen LogP contribution in [-0.4, -0.2) is 40.9 Å². The van der Waals surface area contributed by atoms with Crippen LogP contribution in [0.5, 0.6) is 0 Å². The van der Waals surface area contributed by atoms with E-state index >= 15 is 0 Å². The molecule has 0 radical (unpaired) electrons. The van der Waals surface area contributed by atoms with Crippen molar-refractivity contribution in [2.24, 2.45) is 5.73 Å². The number of nitrogens with two attached hydrogens (primary N) is 1. The van der Waals surface area contributed by atoms with Crippen molar-refractivity contribution in [2.45, 2.75) is 25.0 Å². The largest absolute Gasteiger partial charge is 0.336 e. The van der Waals surface area contributed by atoms with Gasteiger partial charge in [-0.25, -0.2) is 0 Å². The normalized spacial score (nSPS) is 18.4. The highest BCUT2D eigenvalue weighted by atomic mass is 32.2. The van der Waals surface area contributed by atoms with Crippen molar-refractivity contribution in [3.63, 3.8) is 0 Å². The van der Waals surface area contributed by atoms with Crippen LogP contribution < -0.4 is 5.73 Å². The summed E-state index contributed by atoms with van der Waals surface area (Å²) in [5.74, 6) is 1.16. The lowest BCUT2D eigenvalue weighted by atomic mass is 10.1. The molecule has 3 nitrogen and oxygen atoms in total. The molecule has 1 aromatic rings. The molecule has 1 aliphatic heterocycles. The van der Waals surface area contributed by atoms with Crippen molar-refractivity contribution in [1.82, 2.24) is 4.90 Å². The lowest BCUT2D eigenvalue weighted by molar-refractivity contribution is 0.0748. The molecule has 0 spiro atoms. The van der Waals surface area contributed by atoms with Crippen LogP contribution in [0.2, 0.25) is 0 Å². The monoisotopic (exact) mass is 278 g/mol. The fourth-order valence-electron chi connectivity index (χ4n) is 2.35. The minimum atomic E-state index is 0.146. The zero-order chi connectivity index (χ0) is 13.9. The van der Waals surface area contributed by atoms with E-state index in [9.17, 15) is 4.79 Å². The Morgan fingerprint density at radius 2 is 2.05 bits per heavy atom. The second-order valence-corrected chi connectivity index (χ2v) is 7.37. The Labute approximate surface area is 119 Å². The molecule has 1 saturated heterocycles. The number of nitrogens with zero attached hydrogens (tertiary/aromatic N) is 1. The van der Waals surface area contributed by atoms with Gasteiger partial charge in [-0.05, 0) is 44.5 Å². The first kappa shape index (κ1) is 14.4. The number of thioether (sulfide) groups is 1. The van der Waals surface area contributed by atoms with Crippen molar-refractivity contribution in [2.75, 3.05) is 25.4 Å². The first-order valence-electron chi connectivity index (χ1n) is 6.74. The number of hydrogen-bond donors (Lipinski definition) is 1. The molecule has 0 saturated carbocycles. The standard InChI is InChI=1S/C15H22N2OS/c1-15(2)11-17(9-10-19-15)14(18)13-5-3-12(4-6-13)7-8-16/h3-6H,7-11,16H2,1-2H3. The summed E-state index contributed by atoms with van der Waals surface area (Å²) >= 11 is 1.94. The molecule has 0 bridgehead atoms. The van der Waals surface area contributed by atoms with Crippen LogP contribution in [-0.2, 0) is 6.42 Å². The summed E-state index contributed by atoms with van der Waals surface area (Å²) in [4.78, 5) is 14.4. The predicted octanol–water partition coefficient (Wildman–Crippen LogP) is 2.16. The first-order chi connectivity index (χ1) is 9.02. The lowest BCUT2D eigenvalue weighted by Crippen LogP contribution is -2.46. The summed E-state index contributed by atoms with van der Waals surface area (Å²) in [5.41, 5.74) is 7.50. The minimum Gasteiger partial charge on any atom is -0.336 e. The summed E-state index contributed by atoms with van der Waals surface area (Å²) in [6.45, 7) is 6.70. The summed E-state index contributed by atoms with van der Waals surface area (Å²) < 4.78 is 0.160. The summed E-state index contributed by atoms with van der Waals surface area (Å²) in [6.07, 6.45) is 0.863. The van der Waals surface area contributed by atoms with E-state index in [2.05, 4.69) is 13.8 Å². The average Bonchev–Trinajstić information content (AvgIpc) is 2.38. The van der Waals surface area contributed by atoms with E-state index in [4.69, 9.17) is 5.73 Å². The van der Waals surface area contributed by atoms with Gasteiger partial charge in [0.15, 0.2) is 0 Å². The molecule has 1 aromatic carbocycles. The van der Waals surface area contributed by atoms with Crippen LogP contribution in [0.1, 0.15) is 29.8 Å². The highest BCUT2D eigenvalue weighted by Crippen LogP contribution is 2.30. The molecule has 1 fully saturated rings. The number of benzene rings is 1. The zero-order valence-corrected chi connectivity index (χ0v) is 12.5. The van der Waals surface area contributed by atoms with Gasteiger partial charge in [-0.2, -0.15) is 11.8 Å². The maximum absolute atomic E-state index is 12.4. The Kier molecular flexibility index (Phi) is 4.53. The molecule has 2 rings (SSSR count). The molecule has 1 heterocycles. The van der Waals surface area contributed by atoms with Crippen molar-refractivity contribution in [3.05, 3.63) is 35.4 Å². The fraction of sp³-hybridized carbons (Fsp3) is 0.533. The molecular formula is C15H22N2OS. The molecule has 19 heavy (non-hydrogen) atoms. The highest BCUT2D eigenvalue weighted by molar-refractivity contribution is 8.00. The quantitative estimate of drug-likeness (QED) is 0.921. The molecule has 0 atom stereocenters. The van der Waals surface area contributed by atoms with Crippen molar-refractivity contribution in [1.29, 1.82) is 0 Å². The maximum Gasteiger partial charge on any atom is 0.253 e.